The van der Waals surface area contributed by atoms with Crippen LogP contribution in [-0.4, -0.2) is 50.4 Å². The first-order valence-corrected chi connectivity index (χ1v) is 14.7. The first-order valence-electron chi connectivity index (χ1n) is 12.5. The summed E-state index contributed by atoms with van der Waals surface area (Å²) in [5.74, 6) is -0.800. The third-order valence-corrected chi connectivity index (χ3v) is 8.50. The van der Waals surface area contributed by atoms with Crippen LogP contribution in [0.5, 0.6) is 5.75 Å². The molecule has 0 radical (unpaired) electrons. The van der Waals surface area contributed by atoms with Gasteiger partial charge >= 0.3 is 0 Å². The highest BCUT2D eigenvalue weighted by molar-refractivity contribution is 7.92. The molecule has 0 aliphatic carbocycles. The molecule has 0 fully saturated rings. The van der Waals surface area contributed by atoms with Crippen LogP contribution in [0.15, 0.2) is 77.7 Å². The van der Waals surface area contributed by atoms with Crippen LogP contribution in [0.3, 0.4) is 0 Å². The molecule has 0 spiro atoms. The predicted octanol–water partition coefficient (Wildman–Crippen LogP) is 5.53. The molecule has 214 valence electrons. The van der Waals surface area contributed by atoms with Gasteiger partial charge < -0.3 is 15.0 Å². The van der Waals surface area contributed by atoms with Crippen molar-refractivity contribution in [3.05, 3.63) is 88.4 Å². The topological polar surface area (TPSA) is 96.0 Å². The summed E-state index contributed by atoms with van der Waals surface area (Å²) in [5, 5.41) is 3.50. The molecule has 3 aromatic carbocycles. The van der Waals surface area contributed by atoms with Crippen molar-refractivity contribution in [2.75, 3.05) is 18.0 Å². The van der Waals surface area contributed by atoms with Gasteiger partial charge in [-0.3, -0.25) is 13.9 Å². The lowest BCUT2D eigenvalue weighted by atomic mass is 10.1. The first-order chi connectivity index (χ1) is 18.8. The number of carbonyl (C=O) groups is 2. The summed E-state index contributed by atoms with van der Waals surface area (Å²) in [6, 6.07) is 18.2. The minimum Gasteiger partial charge on any atom is -0.495 e. The Labute approximate surface area is 245 Å². The van der Waals surface area contributed by atoms with Crippen molar-refractivity contribution in [2.24, 2.45) is 0 Å². The van der Waals surface area contributed by atoms with Crippen LogP contribution in [-0.2, 0) is 26.2 Å². The smallest absolute Gasteiger partial charge is 0.264 e. The van der Waals surface area contributed by atoms with E-state index in [0.29, 0.717) is 15.6 Å². The van der Waals surface area contributed by atoms with Crippen LogP contribution in [0.25, 0.3) is 0 Å². The van der Waals surface area contributed by atoms with Crippen LogP contribution in [0.4, 0.5) is 5.69 Å². The molecule has 0 bridgehead atoms. The standard InChI is InChI=1S/C29H33Cl2N3O5S/c1-20(28(36)32-29(2,3)4)33(18-22-23(30)14-11-15-24(22)31)27(35)19-34(25-16-9-10-17-26(25)39-5)40(37,38)21-12-7-6-8-13-21/h6-17,20H,18-19H2,1-5H3,(H,32,36). The van der Waals surface area contributed by atoms with Gasteiger partial charge in [0.1, 0.15) is 18.3 Å². The van der Waals surface area contributed by atoms with Gasteiger partial charge in [-0.15, -0.1) is 0 Å². The van der Waals surface area contributed by atoms with Crippen LogP contribution >= 0.6 is 23.2 Å². The fraction of sp³-hybridized carbons (Fsp3) is 0.310. The van der Waals surface area contributed by atoms with Gasteiger partial charge in [0.25, 0.3) is 10.0 Å². The molecule has 0 aliphatic heterocycles. The summed E-state index contributed by atoms with van der Waals surface area (Å²) in [6.07, 6.45) is 0. The number of nitrogens with zero attached hydrogens (tertiary/aromatic N) is 2. The van der Waals surface area contributed by atoms with E-state index in [1.54, 1.807) is 67.6 Å². The number of nitrogens with one attached hydrogen (secondary N) is 1. The fourth-order valence-corrected chi connectivity index (χ4v) is 5.94. The molecular weight excluding hydrogens is 573 g/mol. The van der Waals surface area contributed by atoms with Crippen molar-refractivity contribution in [3.8, 4) is 5.75 Å². The SMILES string of the molecule is COc1ccccc1N(CC(=O)N(Cc1c(Cl)cccc1Cl)C(C)C(=O)NC(C)(C)C)S(=O)(=O)c1ccccc1. The highest BCUT2D eigenvalue weighted by Crippen LogP contribution is 2.33. The summed E-state index contributed by atoms with van der Waals surface area (Å²) in [6.45, 7) is 6.30. The maximum Gasteiger partial charge on any atom is 0.264 e. The lowest BCUT2D eigenvalue weighted by Crippen LogP contribution is -2.54. The number of amides is 2. The summed E-state index contributed by atoms with van der Waals surface area (Å²) >= 11 is 12.8. The zero-order valence-electron chi connectivity index (χ0n) is 23.0. The van der Waals surface area contributed by atoms with Gasteiger partial charge in [0.15, 0.2) is 0 Å². The second kappa shape index (κ2) is 12.9. The first kappa shape index (κ1) is 31.3. The van der Waals surface area contributed by atoms with E-state index in [1.807, 2.05) is 20.8 Å². The number of hydrogen-bond donors (Lipinski definition) is 1. The molecule has 2 amide bonds. The highest BCUT2D eigenvalue weighted by Gasteiger charge is 2.34. The minimum absolute atomic E-state index is 0.00655. The Balaban J connectivity index is 2.10. The average molecular weight is 607 g/mol. The van der Waals surface area contributed by atoms with E-state index in [2.05, 4.69) is 5.32 Å². The molecule has 0 aliphatic rings. The number of halogens is 2. The second-order valence-electron chi connectivity index (χ2n) is 10.1. The maximum atomic E-state index is 14.1. The minimum atomic E-state index is -4.23. The number of anilines is 1. The monoisotopic (exact) mass is 605 g/mol. The lowest BCUT2D eigenvalue weighted by molar-refractivity contribution is -0.140. The Morgan fingerprint density at radius 2 is 1.50 bits per heavy atom. The third-order valence-electron chi connectivity index (χ3n) is 6.02. The van der Waals surface area contributed by atoms with Crippen molar-refractivity contribution in [1.82, 2.24) is 10.2 Å². The highest BCUT2D eigenvalue weighted by atomic mass is 35.5. The summed E-state index contributed by atoms with van der Waals surface area (Å²) in [5.41, 5.74) is 0.0384. The maximum absolute atomic E-state index is 14.1. The van der Waals surface area contributed by atoms with Gasteiger partial charge in [-0.05, 0) is 64.1 Å². The molecule has 0 saturated carbocycles. The van der Waals surface area contributed by atoms with Crippen LogP contribution in [0.2, 0.25) is 10.0 Å². The zero-order valence-corrected chi connectivity index (χ0v) is 25.3. The summed E-state index contributed by atoms with van der Waals surface area (Å²) in [4.78, 5) is 28.5. The van der Waals surface area contributed by atoms with E-state index in [1.165, 1.54) is 24.1 Å². The number of benzene rings is 3. The molecule has 40 heavy (non-hydrogen) atoms. The van der Waals surface area contributed by atoms with Crippen LogP contribution in [0.1, 0.15) is 33.3 Å². The molecule has 3 aromatic rings. The Kier molecular flexibility index (Phi) is 10.1. The van der Waals surface area contributed by atoms with E-state index in [9.17, 15) is 18.0 Å². The number of hydrogen-bond acceptors (Lipinski definition) is 5. The van der Waals surface area contributed by atoms with E-state index in [-0.39, 0.29) is 22.9 Å². The molecule has 11 heteroatoms. The van der Waals surface area contributed by atoms with Gasteiger partial charge in [-0.25, -0.2) is 8.42 Å². The van der Waals surface area contributed by atoms with E-state index in [4.69, 9.17) is 27.9 Å². The number of rotatable bonds is 10. The number of para-hydroxylation sites is 2. The summed E-state index contributed by atoms with van der Waals surface area (Å²) in [7, 11) is -2.81. The van der Waals surface area contributed by atoms with Gasteiger partial charge in [-0.2, -0.15) is 0 Å². The average Bonchev–Trinajstić information content (AvgIpc) is 2.90. The number of ether oxygens (including phenoxy) is 1. The molecular formula is C29H33Cl2N3O5S. The van der Waals surface area contributed by atoms with E-state index >= 15 is 0 Å². The van der Waals surface area contributed by atoms with Crippen molar-refractivity contribution in [2.45, 2.75) is 50.7 Å². The Hall–Kier alpha value is -3.27. The van der Waals surface area contributed by atoms with E-state index in [0.717, 1.165) is 4.31 Å². The Bertz CT molecular complexity index is 1440. The van der Waals surface area contributed by atoms with E-state index < -0.39 is 40.0 Å². The van der Waals surface area contributed by atoms with Crippen LogP contribution in [0, 0.1) is 0 Å². The van der Waals surface area contributed by atoms with Gasteiger partial charge in [-0.1, -0.05) is 59.6 Å². The van der Waals surface area contributed by atoms with Crippen molar-refractivity contribution < 1.29 is 22.7 Å². The molecule has 3 rings (SSSR count). The predicted molar refractivity (Wildman–Crippen MR) is 158 cm³/mol. The van der Waals surface area contributed by atoms with Crippen LogP contribution < -0.4 is 14.4 Å². The van der Waals surface area contributed by atoms with Crippen molar-refractivity contribution in [3.63, 3.8) is 0 Å². The largest absolute Gasteiger partial charge is 0.495 e. The third kappa shape index (κ3) is 7.47. The molecule has 1 unspecified atom stereocenters. The molecule has 1 N–H and O–H groups in total. The van der Waals surface area contributed by atoms with Gasteiger partial charge in [0.2, 0.25) is 11.8 Å². The molecule has 0 saturated heterocycles. The number of carbonyl (C=O) groups excluding carboxylic acids is 2. The lowest BCUT2D eigenvalue weighted by Gasteiger charge is -2.34. The summed E-state index contributed by atoms with van der Waals surface area (Å²) < 4.78 is 34.2. The Morgan fingerprint density at radius 3 is 2.08 bits per heavy atom. The van der Waals surface area contributed by atoms with Crippen molar-refractivity contribution in [1.29, 1.82) is 0 Å². The molecule has 0 heterocycles. The normalized spacial score (nSPS) is 12.4. The zero-order chi connectivity index (χ0) is 29.7. The molecule has 8 nitrogen and oxygen atoms in total. The van der Waals surface area contributed by atoms with Gasteiger partial charge in [0, 0.05) is 27.7 Å². The number of methoxy groups -OCH3 is 1. The molecule has 1 atom stereocenters. The Morgan fingerprint density at radius 1 is 0.925 bits per heavy atom. The van der Waals surface area contributed by atoms with Gasteiger partial charge in [0.05, 0.1) is 17.7 Å². The quantitative estimate of drug-likeness (QED) is 0.328. The van der Waals surface area contributed by atoms with Crippen molar-refractivity contribution >= 4 is 50.7 Å². The molecule has 0 aromatic heterocycles. The number of sulfonamides is 1. The second-order valence-corrected chi connectivity index (χ2v) is 12.8. The fourth-order valence-electron chi connectivity index (χ4n) is 3.98.